The molecule has 0 atom stereocenters. The van der Waals surface area contributed by atoms with Crippen LogP contribution in [-0.4, -0.2) is 17.4 Å². The third kappa shape index (κ3) is 3.38. The van der Waals surface area contributed by atoms with Crippen LogP contribution in [0.2, 0.25) is 5.02 Å². The van der Waals surface area contributed by atoms with Crippen molar-refractivity contribution in [2.24, 2.45) is 5.73 Å². The van der Waals surface area contributed by atoms with Crippen LogP contribution in [0.4, 0.5) is 5.69 Å². The number of benzene rings is 1. The first kappa shape index (κ1) is 13.2. The minimum absolute atomic E-state index is 0.233. The molecule has 2 aromatic rings. The smallest absolute Gasteiger partial charge is 0.272 e. The van der Waals surface area contributed by atoms with Gasteiger partial charge in [-0.2, -0.15) is 0 Å². The number of carbonyl (C=O) groups excluding carboxylic acids is 1. The Morgan fingerprint density at radius 3 is 2.95 bits per heavy atom. The van der Waals surface area contributed by atoms with E-state index in [-0.39, 0.29) is 12.5 Å². The first-order chi connectivity index (χ1) is 9.20. The largest absolute Gasteiger partial charge is 0.357 e. The van der Waals surface area contributed by atoms with Crippen molar-refractivity contribution in [3.8, 4) is 11.8 Å². The van der Waals surface area contributed by atoms with E-state index < -0.39 is 0 Å². The first-order valence-electron chi connectivity index (χ1n) is 5.64. The summed E-state index contributed by atoms with van der Waals surface area (Å²) >= 11 is 5.91. The summed E-state index contributed by atoms with van der Waals surface area (Å²) in [6.45, 7) is 0.247. The van der Waals surface area contributed by atoms with Gasteiger partial charge in [0.15, 0.2) is 0 Å². The fourth-order valence-electron chi connectivity index (χ4n) is 1.54. The van der Waals surface area contributed by atoms with Crippen LogP contribution in [0.5, 0.6) is 0 Å². The number of H-pyrrole nitrogens is 1. The van der Waals surface area contributed by atoms with Gasteiger partial charge in [-0.05, 0) is 30.3 Å². The molecule has 1 heterocycles. The number of nitrogens with one attached hydrogen (secondary N) is 2. The molecule has 0 radical (unpaired) electrons. The third-order valence-corrected chi connectivity index (χ3v) is 2.63. The van der Waals surface area contributed by atoms with Gasteiger partial charge >= 0.3 is 0 Å². The molecule has 96 valence electrons. The Balaban J connectivity index is 2.27. The Morgan fingerprint density at radius 1 is 1.42 bits per heavy atom. The molecular formula is C14H12ClN3O. The highest BCUT2D eigenvalue weighted by atomic mass is 35.5. The molecule has 0 aliphatic carbocycles. The van der Waals surface area contributed by atoms with Gasteiger partial charge in [0.1, 0.15) is 5.69 Å². The number of aromatic nitrogens is 1. The zero-order valence-corrected chi connectivity index (χ0v) is 10.8. The average molecular weight is 274 g/mol. The van der Waals surface area contributed by atoms with E-state index in [4.69, 9.17) is 17.3 Å². The lowest BCUT2D eigenvalue weighted by Crippen LogP contribution is -2.13. The highest BCUT2D eigenvalue weighted by Crippen LogP contribution is 2.20. The predicted molar refractivity (Wildman–Crippen MR) is 76.1 cm³/mol. The molecule has 0 spiro atoms. The van der Waals surface area contributed by atoms with Gasteiger partial charge < -0.3 is 16.0 Å². The van der Waals surface area contributed by atoms with E-state index in [2.05, 4.69) is 22.1 Å². The van der Waals surface area contributed by atoms with Crippen LogP contribution in [0.25, 0.3) is 0 Å². The zero-order chi connectivity index (χ0) is 13.7. The standard InChI is InChI=1S/C14H12ClN3O/c15-11-5-6-12(10(9-11)3-1-7-16)18-14(19)13-4-2-8-17-13/h2,4-6,8-9,17H,7,16H2,(H,18,19). The second-order valence-electron chi connectivity index (χ2n) is 3.73. The maximum Gasteiger partial charge on any atom is 0.272 e. The molecule has 19 heavy (non-hydrogen) atoms. The van der Waals surface area contributed by atoms with Gasteiger partial charge in [0.25, 0.3) is 5.91 Å². The lowest BCUT2D eigenvalue weighted by atomic mass is 10.1. The quantitative estimate of drug-likeness (QED) is 0.734. The SMILES string of the molecule is NCC#Cc1cc(Cl)ccc1NC(=O)c1ccc[nH]1. The molecular weight excluding hydrogens is 262 g/mol. The number of amides is 1. The van der Waals surface area contributed by atoms with Gasteiger partial charge in [-0.15, -0.1) is 0 Å². The molecule has 1 aromatic carbocycles. The molecule has 0 aliphatic rings. The number of hydrogen-bond donors (Lipinski definition) is 3. The van der Waals surface area contributed by atoms with E-state index in [1.54, 1.807) is 36.5 Å². The molecule has 1 amide bonds. The molecule has 4 nitrogen and oxygen atoms in total. The number of anilines is 1. The number of rotatable bonds is 2. The maximum absolute atomic E-state index is 11.9. The lowest BCUT2D eigenvalue weighted by molar-refractivity contribution is 0.102. The van der Waals surface area contributed by atoms with Crippen molar-refractivity contribution in [1.29, 1.82) is 0 Å². The van der Waals surface area contributed by atoms with E-state index in [0.717, 1.165) is 0 Å². The first-order valence-corrected chi connectivity index (χ1v) is 6.01. The van der Waals surface area contributed by atoms with Crippen molar-refractivity contribution in [2.75, 3.05) is 11.9 Å². The fourth-order valence-corrected chi connectivity index (χ4v) is 1.71. The van der Waals surface area contributed by atoms with Gasteiger partial charge in [-0.3, -0.25) is 4.79 Å². The van der Waals surface area contributed by atoms with Crippen molar-refractivity contribution in [3.05, 3.63) is 52.8 Å². The van der Waals surface area contributed by atoms with Crippen molar-refractivity contribution >= 4 is 23.2 Å². The van der Waals surface area contributed by atoms with Gasteiger partial charge in [0.2, 0.25) is 0 Å². The van der Waals surface area contributed by atoms with E-state index >= 15 is 0 Å². The Hall–Kier alpha value is -2.22. The van der Waals surface area contributed by atoms with E-state index in [1.165, 1.54) is 0 Å². The summed E-state index contributed by atoms with van der Waals surface area (Å²) in [4.78, 5) is 14.8. The van der Waals surface area contributed by atoms with E-state index in [0.29, 0.717) is 22.0 Å². The van der Waals surface area contributed by atoms with Crippen molar-refractivity contribution in [3.63, 3.8) is 0 Å². The molecule has 0 fully saturated rings. The van der Waals surface area contributed by atoms with Crippen LogP contribution in [0.1, 0.15) is 16.1 Å². The summed E-state index contributed by atoms with van der Waals surface area (Å²) < 4.78 is 0. The van der Waals surface area contributed by atoms with Crippen LogP contribution < -0.4 is 11.1 Å². The Labute approximate surface area is 116 Å². The summed E-state index contributed by atoms with van der Waals surface area (Å²) in [5.74, 6) is 5.39. The highest BCUT2D eigenvalue weighted by molar-refractivity contribution is 6.30. The van der Waals surface area contributed by atoms with E-state index in [1.807, 2.05) is 0 Å². The monoisotopic (exact) mass is 273 g/mol. The molecule has 4 N–H and O–H groups in total. The number of hydrogen-bond acceptors (Lipinski definition) is 2. The second-order valence-corrected chi connectivity index (χ2v) is 4.17. The summed E-state index contributed by atoms with van der Waals surface area (Å²) in [5, 5.41) is 3.33. The molecule has 0 saturated heterocycles. The maximum atomic E-state index is 11.9. The Bertz CT molecular complexity index is 638. The average Bonchev–Trinajstić information content (AvgIpc) is 2.93. The topological polar surface area (TPSA) is 70.9 Å². The number of aromatic amines is 1. The molecule has 0 aliphatic heterocycles. The van der Waals surface area contributed by atoms with Crippen molar-refractivity contribution < 1.29 is 4.79 Å². The molecule has 1 aromatic heterocycles. The normalized spacial score (nSPS) is 9.58. The van der Waals surface area contributed by atoms with Gasteiger partial charge in [0.05, 0.1) is 12.2 Å². The predicted octanol–water partition coefficient (Wildman–Crippen LogP) is 2.23. The number of nitrogens with two attached hydrogens (primary N) is 1. The summed E-state index contributed by atoms with van der Waals surface area (Å²) in [7, 11) is 0. The van der Waals surface area contributed by atoms with Gasteiger partial charge in [-0.1, -0.05) is 23.4 Å². The highest BCUT2D eigenvalue weighted by Gasteiger charge is 2.09. The minimum atomic E-state index is -0.233. The van der Waals surface area contributed by atoms with Crippen LogP contribution >= 0.6 is 11.6 Å². The van der Waals surface area contributed by atoms with Crippen LogP contribution in [-0.2, 0) is 0 Å². The van der Waals surface area contributed by atoms with Crippen molar-refractivity contribution in [2.45, 2.75) is 0 Å². The summed E-state index contributed by atoms with van der Waals surface area (Å²) in [6.07, 6.45) is 1.69. The van der Waals surface area contributed by atoms with Crippen LogP contribution in [0, 0.1) is 11.8 Å². The van der Waals surface area contributed by atoms with E-state index in [9.17, 15) is 4.79 Å². The summed E-state index contributed by atoms with van der Waals surface area (Å²) in [6, 6.07) is 8.54. The number of halogens is 1. The molecule has 0 bridgehead atoms. The lowest BCUT2D eigenvalue weighted by Gasteiger charge is -2.07. The van der Waals surface area contributed by atoms with Gasteiger partial charge in [0, 0.05) is 16.8 Å². The zero-order valence-electron chi connectivity index (χ0n) is 10.0. The fraction of sp³-hybridized carbons (Fsp3) is 0.0714. The third-order valence-electron chi connectivity index (χ3n) is 2.40. The Kier molecular flexibility index (Phi) is 4.24. The van der Waals surface area contributed by atoms with Crippen LogP contribution in [0.3, 0.4) is 0 Å². The summed E-state index contributed by atoms with van der Waals surface area (Å²) in [5.41, 5.74) is 7.06. The number of carbonyl (C=O) groups is 1. The molecule has 5 heteroatoms. The van der Waals surface area contributed by atoms with Crippen molar-refractivity contribution in [1.82, 2.24) is 4.98 Å². The van der Waals surface area contributed by atoms with Crippen LogP contribution in [0.15, 0.2) is 36.5 Å². The molecule has 0 unspecified atom stereocenters. The molecule has 0 saturated carbocycles. The second kappa shape index (κ2) is 6.10. The van der Waals surface area contributed by atoms with Gasteiger partial charge in [-0.25, -0.2) is 0 Å². The molecule has 2 rings (SSSR count). The Morgan fingerprint density at radius 2 is 2.26 bits per heavy atom. The minimum Gasteiger partial charge on any atom is -0.357 e.